The molecule has 0 radical (unpaired) electrons. The normalized spacial score (nSPS) is 19.3. The van der Waals surface area contributed by atoms with Crippen molar-refractivity contribution in [1.29, 1.82) is 0 Å². The number of hydrogen-bond donors (Lipinski definition) is 1. The van der Waals surface area contributed by atoms with Gasteiger partial charge in [-0.1, -0.05) is 42.8 Å². The third kappa shape index (κ3) is 4.68. The molecule has 2 aromatic rings. The fraction of sp³-hybridized carbons (Fsp3) is 0.423. The number of nitrogens with zero attached hydrogens (tertiary/aromatic N) is 2. The Balaban J connectivity index is 1.58. The number of nitrogens with one attached hydrogen (secondary N) is 1. The number of amides is 3. The van der Waals surface area contributed by atoms with Crippen LogP contribution in [0.4, 0.5) is 0 Å². The monoisotopic (exact) mass is 483 g/mol. The van der Waals surface area contributed by atoms with Crippen LogP contribution in [-0.2, 0) is 9.53 Å². The van der Waals surface area contributed by atoms with Crippen molar-refractivity contribution >= 4 is 29.3 Å². The number of ether oxygens (including phenoxy) is 1. The van der Waals surface area contributed by atoms with Gasteiger partial charge in [-0.25, -0.2) is 0 Å². The number of likely N-dealkylation sites (tertiary alicyclic amines) is 1. The lowest BCUT2D eigenvalue weighted by atomic mass is 9.95. The van der Waals surface area contributed by atoms with Crippen molar-refractivity contribution in [3.63, 3.8) is 0 Å². The first-order chi connectivity index (χ1) is 16.4. The second-order valence-electron chi connectivity index (χ2n) is 8.86. The lowest BCUT2D eigenvalue weighted by molar-refractivity contribution is -0.128. The highest BCUT2D eigenvalue weighted by atomic mass is 35.5. The second-order valence-corrected chi connectivity index (χ2v) is 9.29. The maximum absolute atomic E-state index is 13.8. The molecule has 1 atom stereocenters. The SMILES string of the molecule is CCCNC(=O)[C@@H]1COC2(CCN(C(=O)c3cccc(Cl)c3)CC2)N1C(=O)c1ccccc1C. The van der Waals surface area contributed by atoms with Crippen molar-refractivity contribution in [1.82, 2.24) is 15.1 Å². The fourth-order valence-electron chi connectivity index (χ4n) is 4.74. The summed E-state index contributed by atoms with van der Waals surface area (Å²) in [6, 6.07) is 13.5. The molecular formula is C26H30ClN3O4. The minimum absolute atomic E-state index is 0.107. The van der Waals surface area contributed by atoms with Gasteiger partial charge in [0.2, 0.25) is 5.91 Å². The number of benzene rings is 2. The lowest BCUT2D eigenvalue weighted by Gasteiger charge is -2.44. The minimum Gasteiger partial charge on any atom is -0.354 e. The van der Waals surface area contributed by atoms with Crippen LogP contribution in [-0.4, -0.2) is 65.5 Å². The average Bonchev–Trinajstić information content (AvgIpc) is 3.21. The Morgan fingerprint density at radius 2 is 1.82 bits per heavy atom. The van der Waals surface area contributed by atoms with Crippen molar-refractivity contribution < 1.29 is 19.1 Å². The summed E-state index contributed by atoms with van der Waals surface area (Å²) >= 11 is 6.06. The molecule has 2 aromatic carbocycles. The van der Waals surface area contributed by atoms with Crippen LogP contribution in [0.3, 0.4) is 0 Å². The fourth-order valence-corrected chi connectivity index (χ4v) is 4.93. The number of halogens is 1. The summed E-state index contributed by atoms with van der Waals surface area (Å²) in [5.41, 5.74) is 0.994. The van der Waals surface area contributed by atoms with Crippen molar-refractivity contribution in [2.45, 2.75) is 44.9 Å². The molecule has 3 amide bonds. The van der Waals surface area contributed by atoms with E-state index in [0.717, 1.165) is 12.0 Å². The summed E-state index contributed by atoms with van der Waals surface area (Å²) in [6.45, 7) is 5.36. The maximum atomic E-state index is 13.8. The Morgan fingerprint density at radius 3 is 2.50 bits per heavy atom. The Bertz CT molecular complexity index is 1080. The second kappa shape index (κ2) is 10.2. The van der Waals surface area contributed by atoms with E-state index in [-0.39, 0.29) is 24.3 Å². The Hall–Kier alpha value is -2.90. The minimum atomic E-state index is -0.932. The van der Waals surface area contributed by atoms with E-state index < -0.39 is 11.8 Å². The molecule has 0 saturated carbocycles. The molecule has 180 valence electrons. The highest BCUT2D eigenvalue weighted by molar-refractivity contribution is 6.30. The Morgan fingerprint density at radius 1 is 1.09 bits per heavy atom. The molecule has 2 fully saturated rings. The highest BCUT2D eigenvalue weighted by Gasteiger charge is 2.54. The van der Waals surface area contributed by atoms with Crippen LogP contribution in [0.25, 0.3) is 0 Å². The maximum Gasteiger partial charge on any atom is 0.257 e. The summed E-state index contributed by atoms with van der Waals surface area (Å²) < 4.78 is 6.23. The Kier molecular flexibility index (Phi) is 7.24. The van der Waals surface area contributed by atoms with E-state index in [1.807, 2.05) is 32.0 Å². The van der Waals surface area contributed by atoms with Crippen LogP contribution in [0.2, 0.25) is 5.02 Å². The summed E-state index contributed by atoms with van der Waals surface area (Å²) in [7, 11) is 0. The molecular weight excluding hydrogens is 454 g/mol. The number of piperidine rings is 1. The number of hydrogen-bond acceptors (Lipinski definition) is 4. The molecule has 1 N–H and O–H groups in total. The smallest absolute Gasteiger partial charge is 0.257 e. The molecule has 0 unspecified atom stereocenters. The zero-order valence-electron chi connectivity index (χ0n) is 19.6. The molecule has 8 heteroatoms. The molecule has 4 rings (SSSR count). The topological polar surface area (TPSA) is 79.0 Å². The third-order valence-electron chi connectivity index (χ3n) is 6.61. The summed E-state index contributed by atoms with van der Waals surface area (Å²) in [6.07, 6.45) is 1.65. The van der Waals surface area contributed by atoms with Gasteiger partial charge in [-0.3, -0.25) is 19.3 Å². The van der Waals surface area contributed by atoms with Crippen molar-refractivity contribution in [3.05, 3.63) is 70.2 Å². The zero-order chi connectivity index (χ0) is 24.3. The third-order valence-corrected chi connectivity index (χ3v) is 6.85. The first kappa shape index (κ1) is 24.2. The average molecular weight is 484 g/mol. The van der Waals surface area contributed by atoms with Gasteiger partial charge in [0.25, 0.3) is 11.8 Å². The van der Waals surface area contributed by atoms with Gasteiger partial charge in [0, 0.05) is 48.6 Å². The number of aryl methyl sites for hydroxylation is 1. The van der Waals surface area contributed by atoms with E-state index in [1.54, 1.807) is 40.1 Å². The number of carbonyl (C=O) groups excluding carboxylic acids is 3. The van der Waals surface area contributed by atoms with Gasteiger partial charge in [0.05, 0.1) is 6.61 Å². The summed E-state index contributed by atoms with van der Waals surface area (Å²) in [4.78, 5) is 43.2. The molecule has 34 heavy (non-hydrogen) atoms. The van der Waals surface area contributed by atoms with Gasteiger partial charge in [-0.15, -0.1) is 0 Å². The standard InChI is InChI=1S/C26H30ClN3O4/c1-3-13-28-23(31)22-17-34-26(30(22)25(33)21-10-5-4-7-18(21)2)11-14-29(15-12-26)24(32)19-8-6-9-20(27)16-19/h4-10,16,22H,3,11-15,17H2,1-2H3,(H,28,31)/t22-/m0/s1. The van der Waals surface area contributed by atoms with Gasteiger partial charge >= 0.3 is 0 Å². The molecule has 2 heterocycles. The van der Waals surface area contributed by atoms with Crippen LogP contribution in [0.15, 0.2) is 48.5 Å². The molecule has 2 aliphatic rings. The van der Waals surface area contributed by atoms with Crippen LogP contribution in [0.1, 0.15) is 52.5 Å². The molecule has 2 saturated heterocycles. The van der Waals surface area contributed by atoms with E-state index in [4.69, 9.17) is 16.3 Å². The van der Waals surface area contributed by atoms with Crippen molar-refractivity contribution in [2.24, 2.45) is 0 Å². The van der Waals surface area contributed by atoms with E-state index in [1.165, 1.54) is 0 Å². The highest BCUT2D eigenvalue weighted by Crippen LogP contribution is 2.39. The molecule has 0 aliphatic carbocycles. The first-order valence-electron chi connectivity index (χ1n) is 11.7. The number of carbonyl (C=O) groups is 3. The van der Waals surface area contributed by atoms with Crippen LogP contribution < -0.4 is 5.32 Å². The van der Waals surface area contributed by atoms with E-state index in [0.29, 0.717) is 48.6 Å². The predicted molar refractivity (Wildman–Crippen MR) is 130 cm³/mol. The molecule has 0 bridgehead atoms. The predicted octanol–water partition coefficient (Wildman–Crippen LogP) is 3.65. The molecule has 0 aromatic heterocycles. The van der Waals surface area contributed by atoms with E-state index in [2.05, 4.69) is 5.32 Å². The van der Waals surface area contributed by atoms with Crippen LogP contribution in [0, 0.1) is 6.92 Å². The van der Waals surface area contributed by atoms with Gasteiger partial charge in [-0.05, 0) is 43.2 Å². The zero-order valence-corrected chi connectivity index (χ0v) is 20.3. The Labute approximate surface area is 205 Å². The number of rotatable bonds is 5. The quantitative estimate of drug-likeness (QED) is 0.704. The van der Waals surface area contributed by atoms with Crippen molar-refractivity contribution in [2.75, 3.05) is 26.2 Å². The van der Waals surface area contributed by atoms with Crippen LogP contribution >= 0.6 is 11.6 Å². The van der Waals surface area contributed by atoms with Gasteiger partial charge < -0.3 is 15.0 Å². The first-order valence-corrected chi connectivity index (χ1v) is 12.1. The van der Waals surface area contributed by atoms with Crippen molar-refractivity contribution in [3.8, 4) is 0 Å². The largest absolute Gasteiger partial charge is 0.354 e. The molecule has 7 nitrogen and oxygen atoms in total. The molecule has 1 spiro atoms. The van der Waals surface area contributed by atoms with Gasteiger partial charge in [-0.2, -0.15) is 0 Å². The van der Waals surface area contributed by atoms with E-state index in [9.17, 15) is 14.4 Å². The summed E-state index contributed by atoms with van der Waals surface area (Å²) in [5.74, 6) is -0.538. The summed E-state index contributed by atoms with van der Waals surface area (Å²) in [5, 5.41) is 3.42. The molecule has 2 aliphatic heterocycles. The lowest BCUT2D eigenvalue weighted by Crippen LogP contribution is -2.60. The van der Waals surface area contributed by atoms with Gasteiger partial charge in [0.15, 0.2) is 0 Å². The van der Waals surface area contributed by atoms with Gasteiger partial charge in [0.1, 0.15) is 11.8 Å². The van der Waals surface area contributed by atoms with E-state index >= 15 is 0 Å². The van der Waals surface area contributed by atoms with Crippen LogP contribution in [0.5, 0.6) is 0 Å².